The Kier molecular flexibility index (Phi) is 3.24. The largest absolute Gasteiger partial charge is 0.295 e. The van der Waals surface area contributed by atoms with Crippen LogP contribution in [-0.2, 0) is 0 Å². The van der Waals surface area contributed by atoms with Crippen molar-refractivity contribution in [2.24, 2.45) is 0 Å². The van der Waals surface area contributed by atoms with E-state index < -0.39 is 11.6 Å². The molecule has 92 valence electrons. The van der Waals surface area contributed by atoms with Crippen molar-refractivity contribution >= 4 is 5.78 Å². The van der Waals surface area contributed by atoms with Gasteiger partial charge in [-0.3, -0.25) is 4.79 Å². The second-order valence-electron chi connectivity index (χ2n) is 4.21. The van der Waals surface area contributed by atoms with Crippen molar-refractivity contribution < 1.29 is 13.6 Å². The number of ketones is 1. The monoisotopic (exact) mass is 246 g/mol. The lowest BCUT2D eigenvalue weighted by Crippen LogP contribution is -1.93. The molecule has 0 aromatic heterocycles. The number of carbonyl (C=O) groups excluding carboxylic acids is 1. The Balaban J connectivity index is 2.49. The van der Waals surface area contributed by atoms with Gasteiger partial charge >= 0.3 is 0 Å². The van der Waals surface area contributed by atoms with E-state index in [4.69, 9.17) is 0 Å². The fourth-order valence-electron chi connectivity index (χ4n) is 1.75. The van der Waals surface area contributed by atoms with Gasteiger partial charge in [-0.2, -0.15) is 0 Å². The van der Waals surface area contributed by atoms with Gasteiger partial charge in [0, 0.05) is 11.1 Å². The van der Waals surface area contributed by atoms with Gasteiger partial charge in [0.1, 0.15) is 11.6 Å². The molecular formula is C15H12F2O. The van der Waals surface area contributed by atoms with Crippen molar-refractivity contribution in [3.63, 3.8) is 0 Å². The van der Waals surface area contributed by atoms with E-state index in [1.54, 1.807) is 24.3 Å². The molecule has 3 heteroatoms. The Morgan fingerprint density at radius 3 is 2.17 bits per heavy atom. The average Bonchev–Trinajstić information content (AvgIpc) is 2.34. The molecule has 0 saturated carbocycles. The summed E-state index contributed by atoms with van der Waals surface area (Å²) in [6, 6.07) is 8.79. The summed E-state index contributed by atoms with van der Waals surface area (Å²) in [6.07, 6.45) is 0. The maximum Gasteiger partial charge on any atom is 0.159 e. The normalized spacial score (nSPS) is 10.4. The van der Waals surface area contributed by atoms with Gasteiger partial charge in [0.15, 0.2) is 5.78 Å². The lowest BCUT2D eigenvalue weighted by Gasteiger charge is -2.06. The molecule has 2 aromatic rings. The first-order chi connectivity index (χ1) is 8.49. The van der Waals surface area contributed by atoms with Crippen LogP contribution in [0.4, 0.5) is 8.78 Å². The standard InChI is InChI=1S/C15H12F2O/c1-9-7-15(17)13(8-14(9)16)12-5-3-11(4-6-12)10(2)18/h3-8H,1-2H3. The maximum atomic E-state index is 13.7. The van der Waals surface area contributed by atoms with Gasteiger partial charge in [0.2, 0.25) is 0 Å². The quantitative estimate of drug-likeness (QED) is 0.728. The fraction of sp³-hybridized carbons (Fsp3) is 0.133. The van der Waals surface area contributed by atoms with Gasteiger partial charge in [-0.15, -0.1) is 0 Å². The Bertz CT molecular complexity index is 601. The minimum atomic E-state index is -0.468. The number of hydrogen-bond donors (Lipinski definition) is 0. The predicted octanol–water partition coefficient (Wildman–Crippen LogP) is 4.14. The molecule has 0 heterocycles. The van der Waals surface area contributed by atoms with Gasteiger partial charge in [0.25, 0.3) is 0 Å². The lowest BCUT2D eigenvalue weighted by molar-refractivity contribution is 0.101. The Morgan fingerprint density at radius 2 is 1.61 bits per heavy atom. The Labute approximate surface area is 104 Å². The summed E-state index contributed by atoms with van der Waals surface area (Å²) in [4.78, 5) is 11.1. The van der Waals surface area contributed by atoms with E-state index in [0.717, 1.165) is 0 Å². The smallest absolute Gasteiger partial charge is 0.159 e. The van der Waals surface area contributed by atoms with E-state index in [0.29, 0.717) is 11.1 Å². The number of Topliss-reactive ketones (excluding diaryl/α,β-unsaturated/α-hetero) is 1. The number of aryl methyl sites for hydroxylation is 1. The van der Waals surface area contributed by atoms with Crippen LogP contribution in [0.1, 0.15) is 22.8 Å². The van der Waals surface area contributed by atoms with Crippen LogP contribution < -0.4 is 0 Å². The van der Waals surface area contributed by atoms with Gasteiger partial charge < -0.3 is 0 Å². The molecule has 2 aromatic carbocycles. The van der Waals surface area contributed by atoms with Gasteiger partial charge in [-0.25, -0.2) is 8.78 Å². The van der Waals surface area contributed by atoms with Crippen LogP contribution in [-0.4, -0.2) is 5.78 Å². The number of hydrogen-bond acceptors (Lipinski definition) is 1. The Hall–Kier alpha value is -2.03. The molecule has 0 fully saturated rings. The van der Waals surface area contributed by atoms with Crippen molar-refractivity contribution in [3.05, 3.63) is 59.2 Å². The zero-order valence-electron chi connectivity index (χ0n) is 10.1. The molecule has 0 saturated heterocycles. The van der Waals surface area contributed by atoms with E-state index in [9.17, 15) is 13.6 Å². The zero-order valence-corrected chi connectivity index (χ0v) is 10.1. The fourth-order valence-corrected chi connectivity index (χ4v) is 1.75. The molecule has 0 N–H and O–H groups in total. The van der Waals surface area contributed by atoms with Gasteiger partial charge in [0.05, 0.1) is 0 Å². The van der Waals surface area contributed by atoms with Crippen molar-refractivity contribution in [2.75, 3.05) is 0 Å². The molecule has 0 aliphatic rings. The third kappa shape index (κ3) is 2.30. The van der Waals surface area contributed by atoms with Crippen LogP contribution in [0, 0.1) is 18.6 Å². The SMILES string of the molecule is CC(=O)c1ccc(-c2cc(F)c(C)cc2F)cc1. The van der Waals surface area contributed by atoms with Crippen LogP contribution in [0.3, 0.4) is 0 Å². The minimum Gasteiger partial charge on any atom is -0.295 e. The summed E-state index contributed by atoms with van der Waals surface area (Å²) in [7, 11) is 0. The van der Waals surface area contributed by atoms with Crippen molar-refractivity contribution in [2.45, 2.75) is 13.8 Å². The van der Waals surface area contributed by atoms with Crippen LogP contribution in [0.2, 0.25) is 0 Å². The summed E-state index contributed by atoms with van der Waals surface area (Å²) in [5.74, 6) is -0.969. The predicted molar refractivity (Wildman–Crippen MR) is 66.5 cm³/mol. The second-order valence-corrected chi connectivity index (χ2v) is 4.21. The summed E-state index contributed by atoms with van der Waals surface area (Å²) in [5, 5.41) is 0. The first kappa shape index (κ1) is 12.4. The summed E-state index contributed by atoms with van der Waals surface area (Å²) < 4.78 is 27.2. The van der Waals surface area contributed by atoms with E-state index in [2.05, 4.69) is 0 Å². The van der Waals surface area contributed by atoms with Crippen LogP contribution in [0.15, 0.2) is 36.4 Å². The number of halogens is 2. The molecule has 0 spiro atoms. The summed E-state index contributed by atoms with van der Waals surface area (Å²) >= 11 is 0. The maximum absolute atomic E-state index is 13.7. The van der Waals surface area contributed by atoms with E-state index in [1.807, 2.05) is 0 Å². The van der Waals surface area contributed by atoms with Gasteiger partial charge in [-0.1, -0.05) is 24.3 Å². The van der Waals surface area contributed by atoms with Crippen molar-refractivity contribution in [1.82, 2.24) is 0 Å². The molecule has 18 heavy (non-hydrogen) atoms. The lowest BCUT2D eigenvalue weighted by atomic mass is 10.0. The topological polar surface area (TPSA) is 17.1 Å². The molecule has 0 bridgehead atoms. The summed E-state index contributed by atoms with van der Waals surface area (Å²) in [5.41, 5.74) is 1.58. The molecule has 0 aliphatic carbocycles. The first-order valence-electron chi connectivity index (χ1n) is 5.56. The highest BCUT2D eigenvalue weighted by atomic mass is 19.1. The third-order valence-corrected chi connectivity index (χ3v) is 2.85. The molecule has 0 aliphatic heterocycles. The van der Waals surface area contributed by atoms with Crippen LogP contribution in [0.5, 0.6) is 0 Å². The molecule has 0 atom stereocenters. The van der Waals surface area contributed by atoms with Crippen molar-refractivity contribution in [1.29, 1.82) is 0 Å². The summed E-state index contributed by atoms with van der Waals surface area (Å²) in [6.45, 7) is 2.97. The van der Waals surface area contributed by atoms with E-state index in [1.165, 1.54) is 26.0 Å². The minimum absolute atomic E-state index is 0.0582. The third-order valence-electron chi connectivity index (χ3n) is 2.85. The highest BCUT2D eigenvalue weighted by molar-refractivity contribution is 5.94. The molecular weight excluding hydrogens is 234 g/mol. The van der Waals surface area contributed by atoms with Crippen LogP contribution in [0.25, 0.3) is 11.1 Å². The first-order valence-corrected chi connectivity index (χ1v) is 5.56. The van der Waals surface area contributed by atoms with E-state index >= 15 is 0 Å². The highest BCUT2D eigenvalue weighted by Crippen LogP contribution is 2.25. The number of carbonyl (C=O) groups is 1. The average molecular weight is 246 g/mol. The van der Waals surface area contributed by atoms with Crippen molar-refractivity contribution in [3.8, 4) is 11.1 Å². The van der Waals surface area contributed by atoms with E-state index in [-0.39, 0.29) is 16.9 Å². The number of rotatable bonds is 2. The zero-order chi connectivity index (χ0) is 13.3. The van der Waals surface area contributed by atoms with Crippen LogP contribution >= 0.6 is 0 Å². The molecule has 1 nitrogen and oxygen atoms in total. The highest BCUT2D eigenvalue weighted by Gasteiger charge is 2.09. The molecule has 2 rings (SSSR count). The molecule has 0 radical (unpaired) electrons. The second kappa shape index (κ2) is 4.69. The Morgan fingerprint density at radius 1 is 1.00 bits per heavy atom. The van der Waals surface area contributed by atoms with Gasteiger partial charge in [-0.05, 0) is 37.1 Å². The molecule has 0 unspecified atom stereocenters. The number of benzene rings is 2. The molecule has 0 amide bonds.